The number of hydrogen-bond donors (Lipinski definition) is 3. The Hall–Kier alpha value is -0.160. The summed E-state index contributed by atoms with van der Waals surface area (Å²) in [6, 6.07) is 0. The summed E-state index contributed by atoms with van der Waals surface area (Å²) < 4.78 is 5.69. The Morgan fingerprint density at radius 1 is 0.867 bits per heavy atom. The molecule has 0 atom stereocenters. The van der Waals surface area contributed by atoms with Gasteiger partial charge in [-0.25, -0.2) is 0 Å². The highest BCUT2D eigenvalue weighted by Gasteiger charge is 2.49. The zero-order valence-electron chi connectivity index (χ0n) is 9.99. The molecule has 0 aromatic rings. The fourth-order valence-corrected chi connectivity index (χ4v) is 2.22. The van der Waals surface area contributed by atoms with Gasteiger partial charge in [0, 0.05) is 6.61 Å². The molecule has 0 aromatic heterocycles. The second-order valence-corrected chi connectivity index (χ2v) is 3.89. The SMILES string of the molecule is CCOC(CC)(CC)C(CO)(CO)CO. The van der Waals surface area contributed by atoms with E-state index in [2.05, 4.69) is 0 Å². The lowest BCUT2D eigenvalue weighted by atomic mass is 9.70. The Kier molecular flexibility index (Phi) is 6.36. The van der Waals surface area contributed by atoms with Crippen LogP contribution in [0.15, 0.2) is 0 Å². The van der Waals surface area contributed by atoms with Crippen LogP contribution in [0.3, 0.4) is 0 Å². The summed E-state index contributed by atoms with van der Waals surface area (Å²) in [5.74, 6) is 0. The van der Waals surface area contributed by atoms with E-state index >= 15 is 0 Å². The van der Waals surface area contributed by atoms with Crippen molar-refractivity contribution in [1.29, 1.82) is 0 Å². The molecule has 0 bridgehead atoms. The van der Waals surface area contributed by atoms with Gasteiger partial charge >= 0.3 is 0 Å². The van der Waals surface area contributed by atoms with Gasteiger partial charge in [0.05, 0.1) is 30.8 Å². The van der Waals surface area contributed by atoms with E-state index in [-0.39, 0.29) is 19.8 Å². The van der Waals surface area contributed by atoms with Crippen molar-refractivity contribution in [1.82, 2.24) is 0 Å². The van der Waals surface area contributed by atoms with Crippen molar-refractivity contribution in [3.63, 3.8) is 0 Å². The number of aliphatic hydroxyl groups excluding tert-OH is 3. The molecule has 0 fully saturated rings. The first-order valence-corrected chi connectivity index (χ1v) is 5.58. The quantitative estimate of drug-likeness (QED) is 0.558. The summed E-state index contributed by atoms with van der Waals surface area (Å²) in [6.07, 6.45) is 1.30. The van der Waals surface area contributed by atoms with E-state index < -0.39 is 11.0 Å². The molecular formula is C11H24O4. The maximum Gasteiger partial charge on any atom is 0.0799 e. The van der Waals surface area contributed by atoms with Crippen LogP contribution in [-0.4, -0.2) is 47.3 Å². The van der Waals surface area contributed by atoms with E-state index in [0.29, 0.717) is 19.4 Å². The lowest BCUT2D eigenvalue weighted by molar-refractivity contribution is -0.186. The highest BCUT2D eigenvalue weighted by molar-refractivity contribution is 4.98. The number of hydrogen-bond acceptors (Lipinski definition) is 4. The first-order valence-electron chi connectivity index (χ1n) is 5.58. The number of ether oxygens (including phenoxy) is 1. The largest absolute Gasteiger partial charge is 0.395 e. The maximum absolute atomic E-state index is 9.40. The predicted octanol–water partition coefficient (Wildman–Crippen LogP) is 0.545. The van der Waals surface area contributed by atoms with Crippen molar-refractivity contribution >= 4 is 0 Å². The third-order valence-corrected chi connectivity index (χ3v) is 3.44. The zero-order chi connectivity index (χ0) is 11.9. The smallest absolute Gasteiger partial charge is 0.0799 e. The average Bonchev–Trinajstić information content (AvgIpc) is 2.30. The van der Waals surface area contributed by atoms with Gasteiger partial charge in [0.2, 0.25) is 0 Å². The summed E-state index contributed by atoms with van der Waals surface area (Å²) in [6.45, 7) is 5.43. The molecule has 92 valence electrons. The van der Waals surface area contributed by atoms with Gasteiger partial charge in [0.1, 0.15) is 0 Å². The summed E-state index contributed by atoms with van der Waals surface area (Å²) >= 11 is 0. The van der Waals surface area contributed by atoms with Crippen molar-refractivity contribution < 1.29 is 20.1 Å². The first-order chi connectivity index (χ1) is 7.11. The minimum atomic E-state index is -0.966. The van der Waals surface area contributed by atoms with Crippen molar-refractivity contribution in [2.45, 2.75) is 39.2 Å². The van der Waals surface area contributed by atoms with Gasteiger partial charge < -0.3 is 20.1 Å². The molecule has 0 saturated carbocycles. The summed E-state index contributed by atoms with van der Waals surface area (Å²) in [4.78, 5) is 0. The van der Waals surface area contributed by atoms with Crippen molar-refractivity contribution in [3.05, 3.63) is 0 Å². The highest BCUT2D eigenvalue weighted by atomic mass is 16.5. The molecule has 0 aliphatic carbocycles. The van der Waals surface area contributed by atoms with Crippen LogP contribution in [0, 0.1) is 5.41 Å². The molecule has 3 N–H and O–H groups in total. The maximum atomic E-state index is 9.40. The van der Waals surface area contributed by atoms with Gasteiger partial charge in [-0.05, 0) is 19.8 Å². The zero-order valence-corrected chi connectivity index (χ0v) is 9.99. The van der Waals surface area contributed by atoms with Crippen LogP contribution < -0.4 is 0 Å². The Morgan fingerprint density at radius 3 is 1.47 bits per heavy atom. The minimum absolute atomic E-state index is 0.276. The van der Waals surface area contributed by atoms with Gasteiger partial charge in [-0.15, -0.1) is 0 Å². The molecule has 0 saturated heterocycles. The first kappa shape index (κ1) is 14.8. The third-order valence-electron chi connectivity index (χ3n) is 3.44. The second-order valence-electron chi connectivity index (χ2n) is 3.89. The van der Waals surface area contributed by atoms with Crippen LogP contribution >= 0.6 is 0 Å². The minimum Gasteiger partial charge on any atom is -0.395 e. The lowest BCUT2D eigenvalue weighted by Crippen LogP contribution is -2.56. The van der Waals surface area contributed by atoms with Gasteiger partial charge in [0.25, 0.3) is 0 Å². The topological polar surface area (TPSA) is 69.9 Å². The molecule has 0 amide bonds. The van der Waals surface area contributed by atoms with Crippen molar-refractivity contribution in [3.8, 4) is 0 Å². The Morgan fingerprint density at radius 2 is 1.27 bits per heavy atom. The van der Waals surface area contributed by atoms with Crippen LogP contribution in [0.25, 0.3) is 0 Å². The van der Waals surface area contributed by atoms with E-state index in [4.69, 9.17) is 4.74 Å². The van der Waals surface area contributed by atoms with Gasteiger partial charge in [-0.2, -0.15) is 0 Å². The fourth-order valence-electron chi connectivity index (χ4n) is 2.22. The lowest BCUT2D eigenvalue weighted by Gasteiger charge is -2.47. The summed E-state index contributed by atoms with van der Waals surface area (Å²) in [5.41, 5.74) is -1.62. The van der Waals surface area contributed by atoms with Crippen LogP contribution in [0.4, 0.5) is 0 Å². The molecular weight excluding hydrogens is 196 g/mol. The second kappa shape index (κ2) is 6.43. The van der Waals surface area contributed by atoms with Crippen LogP contribution in [0.5, 0.6) is 0 Å². The monoisotopic (exact) mass is 220 g/mol. The van der Waals surface area contributed by atoms with Crippen LogP contribution in [0.1, 0.15) is 33.6 Å². The molecule has 0 rings (SSSR count). The summed E-state index contributed by atoms with van der Waals surface area (Å²) in [7, 11) is 0. The molecule has 0 spiro atoms. The van der Waals surface area contributed by atoms with E-state index in [9.17, 15) is 15.3 Å². The number of rotatable bonds is 8. The molecule has 0 radical (unpaired) electrons. The van der Waals surface area contributed by atoms with Gasteiger partial charge in [-0.1, -0.05) is 13.8 Å². The Balaban J connectivity index is 5.13. The summed E-state index contributed by atoms with van der Waals surface area (Å²) in [5, 5.41) is 28.2. The Labute approximate surface area is 91.9 Å². The van der Waals surface area contributed by atoms with Gasteiger partial charge in [-0.3, -0.25) is 0 Å². The molecule has 0 heterocycles. The number of aliphatic hydroxyl groups is 3. The van der Waals surface area contributed by atoms with E-state index in [1.54, 1.807) is 0 Å². The van der Waals surface area contributed by atoms with E-state index in [0.717, 1.165) is 0 Å². The van der Waals surface area contributed by atoms with Crippen LogP contribution in [0.2, 0.25) is 0 Å². The third kappa shape index (κ3) is 2.50. The normalized spacial score (nSPS) is 13.2. The van der Waals surface area contributed by atoms with Gasteiger partial charge in [0.15, 0.2) is 0 Å². The molecule has 4 heteroatoms. The van der Waals surface area contributed by atoms with Crippen LogP contribution in [-0.2, 0) is 4.74 Å². The molecule has 0 aromatic carbocycles. The van der Waals surface area contributed by atoms with Crippen molar-refractivity contribution in [2.24, 2.45) is 5.41 Å². The fraction of sp³-hybridized carbons (Fsp3) is 1.00. The molecule has 0 aliphatic heterocycles. The molecule has 0 unspecified atom stereocenters. The average molecular weight is 220 g/mol. The predicted molar refractivity (Wildman–Crippen MR) is 58.6 cm³/mol. The van der Waals surface area contributed by atoms with E-state index in [1.807, 2.05) is 20.8 Å². The highest BCUT2D eigenvalue weighted by Crippen LogP contribution is 2.39. The molecule has 0 aliphatic rings. The Bertz CT molecular complexity index is 154. The van der Waals surface area contributed by atoms with E-state index in [1.165, 1.54) is 0 Å². The molecule has 4 nitrogen and oxygen atoms in total. The standard InChI is InChI=1S/C11H24O4/c1-4-11(5-2,15-6-3)10(7-12,8-13)9-14/h12-14H,4-9H2,1-3H3. The van der Waals surface area contributed by atoms with Crippen molar-refractivity contribution in [2.75, 3.05) is 26.4 Å². The molecule has 15 heavy (non-hydrogen) atoms.